The summed E-state index contributed by atoms with van der Waals surface area (Å²) in [7, 11) is 5.45. The maximum atomic E-state index is 11.2. The number of anilines is 1. The third kappa shape index (κ3) is 2.07. The van der Waals surface area contributed by atoms with Crippen molar-refractivity contribution in [3.8, 4) is 5.75 Å². The van der Waals surface area contributed by atoms with Gasteiger partial charge in [0, 0.05) is 25.3 Å². The molecule has 0 unspecified atom stereocenters. The zero-order valence-corrected chi connectivity index (χ0v) is 10.4. The molecule has 0 saturated heterocycles. The summed E-state index contributed by atoms with van der Waals surface area (Å²) < 4.78 is 5.32. The number of hydrogen-bond acceptors (Lipinski definition) is 3. The summed E-state index contributed by atoms with van der Waals surface area (Å²) in [5.41, 5.74) is 2.34. The van der Waals surface area contributed by atoms with Crippen molar-refractivity contribution in [1.29, 1.82) is 0 Å². The van der Waals surface area contributed by atoms with Crippen molar-refractivity contribution in [2.75, 3.05) is 26.1 Å². The molecule has 1 saturated carbocycles. The first-order chi connectivity index (χ1) is 8.06. The van der Waals surface area contributed by atoms with Crippen LogP contribution in [0.5, 0.6) is 5.75 Å². The van der Waals surface area contributed by atoms with E-state index in [-0.39, 0.29) is 5.56 Å². The molecule has 1 aliphatic rings. The van der Waals surface area contributed by atoms with E-state index in [1.807, 2.05) is 25.1 Å². The fraction of sp³-hybridized carbons (Fsp3) is 0.462. The van der Waals surface area contributed by atoms with Crippen molar-refractivity contribution in [2.24, 2.45) is 0 Å². The van der Waals surface area contributed by atoms with Crippen LogP contribution < -0.4 is 9.64 Å². The van der Waals surface area contributed by atoms with Gasteiger partial charge in [0.25, 0.3) is 0 Å². The Kier molecular flexibility index (Phi) is 2.96. The average molecular weight is 235 g/mol. The highest BCUT2D eigenvalue weighted by atomic mass is 16.5. The van der Waals surface area contributed by atoms with Crippen LogP contribution in [-0.4, -0.2) is 32.3 Å². The van der Waals surface area contributed by atoms with Crippen molar-refractivity contribution in [1.82, 2.24) is 0 Å². The van der Waals surface area contributed by atoms with Crippen molar-refractivity contribution < 1.29 is 14.6 Å². The third-order valence-electron chi connectivity index (χ3n) is 3.08. The molecule has 1 aromatic carbocycles. The smallest absolute Gasteiger partial charge is 0.339 e. The van der Waals surface area contributed by atoms with Crippen LogP contribution in [0.2, 0.25) is 0 Å². The van der Waals surface area contributed by atoms with Gasteiger partial charge in [-0.05, 0) is 30.9 Å². The summed E-state index contributed by atoms with van der Waals surface area (Å²) in [6, 6.07) is 3.47. The number of benzene rings is 1. The predicted octanol–water partition coefficient (Wildman–Crippen LogP) is 2.34. The van der Waals surface area contributed by atoms with Gasteiger partial charge in [-0.3, -0.25) is 0 Å². The second kappa shape index (κ2) is 4.28. The van der Waals surface area contributed by atoms with Gasteiger partial charge >= 0.3 is 5.97 Å². The number of aromatic carboxylic acids is 1. The average Bonchev–Trinajstić information content (AvgIpc) is 3.10. The lowest BCUT2D eigenvalue weighted by Crippen LogP contribution is -2.13. The van der Waals surface area contributed by atoms with Crippen LogP contribution in [-0.2, 0) is 0 Å². The molecule has 0 aliphatic heterocycles. The molecular formula is C13H17NO3. The second-order valence-electron chi connectivity index (χ2n) is 4.55. The molecule has 1 N–H and O–H groups in total. The minimum atomic E-state index is -0.936. The van der Waals surface area contributed by atoms with Crippen LogP contribution in [0.25, 0.3) is 0 Å². The minimum Gasteiger partial charge on any atom is -0.495 e. The molecule has 4 heteroatoms. The van der Waals surface area contributed by atoms with E-state index < -0.39 is 5.97 Å². The first-order valence-electron chi connectivity index (χ1n) is 5.67. The highest BCUT2D eigenvalue weighted by molar-refractivity contribution is 5.93. The number of rotatable bonds is 4. The lowest BCUT2D eigenvalue weighted by molar-refractivity contribution is 0.0693. The Labute approximate surface area is 101 Å². The summed E-state index contributed by atoms with van der Waals surface area (Å²) in [5.74, 6) is 0.0295. The van der Waals surface area contributed by atoms with Crippen LogP contribution in [0.3, 0.4) is 0 Å². The number of carboxylic acids is 1. The first kappa shape index (κ1) is 11.8. The topological polar surface area (TPSA) is 49.8 Å². The number of methoxy groups -OCH3 is 1. The predicted molar refractivity (Wildman–Crippen MR) is 66.3 cm³/mol. The Balaban J connectivity index is 2.62. The van der Waals surface area contributed by atoms with Gasteiger partial charge in [0.15, 0.2) is 0 Å². The highest BCUT2D eigenvalue weighted by Crippen LogP contribution is 2.49. The van der Waals surface area contributed by atoms with Crippen molar-refractivity contribution in [2.45, 2.75) is 18.8 Å². The summed E-state index contributed by atoms with van der Waals surface area (Å²) in [5, 5.41) is 9.16. The number of carbonyl (C=O) groups is 1. The lowest BCUT2D eigenvalue weighted by Gasteiger charge is -2.21. The molecule has 17 heavy (non-hydrogen) atoms. The zero-order chi connectivity index (χ0) is 12.6. The van der Waals surface area contributed by atoms with Gasteiger partial charge in [0.2, 0.25) is 0 Å². The Hall–Kier alpha value is -1.71. The van der Waals surface area contributed by atoms with Crippen LogP contribution in [0.1, 0.15) is 34.7 Å². The number of ether oxygens (including phenoxy) is 1. The van der Waals surface area contributed by atoms with Gasteiger partial charge in [-0.15, -0.1) is 0 Å². The van der Waals surface area contributed by atoms with Gasteiger partial charge in [0.1, 0.15) is 11.3 Å². The quantitative estimate of drug-likeness (QED) is 0.870. The summed E-state index contributed by atoms with van der Waals surface area (Å²) in [6.45, 7) is 0. The fourth-order valence-corrected chi connectivity index (χ4v) is 2.13. The van der Waals surface area contributed by atoms with E-state index in [0.717, 1.165) is 24.1 Å². The summed E-state index contributed by atoms with van der Waals surface area (Å²) in [6.07, 6.45) is 2.22. The lowest BCUT2D eigenvalue weighted by atomic mass is 10.0. The Morgan fingerprint density at radius 1 is 1.41 bits per heavy atom. The van der Waals surface area contributed by atoms with E-state index in [2.05, 4.69) is 0 Å². The fourth-order valence-electron chi connectivity index (χ4n) is 2.13. The zero-order valence-electron chi connectivity index (χ0n) is 10.4. The largest absolute Gasteiger partial charge is 0.495 e. The number of nitrogens with zero attached hydrogens (tertiary/aromatic N) is 1. The van der Waals surface area contributed by atoms with E-state index >= 15 is 0 Å². The van der Waals surface area contributed by atoms with Gasteiger partial charge in [-0.2, -0.15) is 0 Å². The van der Waals surface area contributed by atoms with Gasteiger partial charge in [-0.1, -0.05) is 0 Å². The van der Waals surface area contributed by atoms with Crippen LogP contribution in [0, 0.1) is 0 Å². The third-order valence-corrected chi connectivity index (χ3v) is 3.08. The Bertz CT molecular complexity index is 450. The number of carboxylic acid groups (broad SMARTS) is 1. The van der Waals surface area contributed by atoms with E-state index in [0.29, 0.717) is 11.7 Å². The maximum Gasteiger partial charge on any atom is 0.339 e. The first-order valence-corrected chi connectivity index (χ1v) is 5.67. The van der Waals surface area contributed by atoms with Gasteiger partial charge in [-0.25, -0.2) is 4.79 Å². The summed E-state index contributed by atoms with van der Waals surface area (Å²) >= 11 is 0. The maximum absolute atomic E-state index is 11.2. The molecule has 0 amide bonds. The highest BCUT2D eigenvalue weighted by Gasteiger charge is 2.32. The monoisotopic (exact) mass is 235 g/mol. The standard InChI is InChI=1S/C13H17NO3/c1-14(2)10-7-6-9(13(15)16)12(17-3)11(10)8-4-5-8/h6-8H,4-5H2,1-3H3,(H,15,16). The molecule has 1 aliphatic carbocycles. The molecule has 0 radical (unpaired) electrons. The van der Waals surface area contributed by atoms with Crippen LogP contribution in [0.15, 0.2) is 12.1 Å². The molecule has 1 fully saturated rings. The van der Waals surface area contributed by atoms with Crippen LogP contribution >= 0.6 is 0 Å². The molecule has 0 spiro atoms. The second-order valence-corrected chi connectivity index (χ2v) is 4.55. The molecule has 0 atom stereocenters. The van der Waals surface area contributed by atoms with Gasteiger partial charge < -0.3 is 14.7 Å². The molecule has 2 rings (SSSR count). The molecule has 92 valence electrons. The molecule has 0 bridgehead atoms. The molecule has 0 heterocycles. The molecule has 1 aromatic rings. The van der Waals surface area contributed by atoms with Crippen molar-refractivity contribution in [3.05, 3.63) is 23.3 Å². The summed E-state index contributed by atoms with van der Waals surface area (Å²) in [4.78, 5) is 13.2. The Morgan fingerprint density at radius 2 is 2.06 bits per heavy atom. The van der Waals surface area contributed by atoms with E-state index in [4.69, 9.17) is 9.84 Å². The molecule has 0 aromatic heterocycles. The number of hydrogen-bond donors (Lipinski definition) is 1. The molecule has 4 nitrogen and oxygen atoms in total. The van der Waals surface area contributed by atoms with E-state index in [1.165, 1.54) is 7.11 Å². The van der Waals surface area contributed by atoms with E-state index in [1.54, 1.807) is 6.07 Å². The SMILES string of the molecule is COc1c(C(=O)O)ccc(N(C)C)c1C1CC1. The van der Waals surface area contributed by atoms with Crippen LogP contribution in [0.4, 0.5) is 5.69 Å². The Morgan fingerprint density at radius 3 is 2.47 bits per heavy atom. The minimum absolute atomic E-state index is 0.250. The van der Waals surface area contributed by atoms with Crippen molar-refractivity contribution in [3.63, 3.8) is 0 Å². The normalized spacial score (nSPS) is 14.5. The molecular weight excluding hydrogens is 218 g/mol. The van der Waals surface area contributed by atoms with Gasteiger partial charge in [0.05, 0.1) is 7.11 Å². The van der Waals surface area contributed by atoms with Crippen molar-refractivity contribution >= 4 is 11.7 Å². The van der Waals surface area contributed by atoms with E-state index in [9.17, 15) is 4.79 Å².